The molecule has 0 unspecified atom stereocenters. The molecule has 12 aromatic rings. The maximum atomic E-state index is 7.40. The van der Waals surface area contributed by atoms with Crippen LogP contribution in [0.15, 0.2) is 205 Å². The van der Waals surface area contributed by atoms with Gasteiger partial charge in [-0.2, -0.15) is 0 Å². The van der Waals surface area contributed by atoms with E-state index < -0.39 is 0 Å². The van der Waals surface area contributed by atoms with Crippen molar-refractivity contribution in [2.75, 3.05) is 14.7 Å². The summed E-state index contributed by atoms with van der Waals surface area (Å²) in [4.78, 5) is 8.04. The highest BCUT2D eigenvalue weighted by atomic mass is 32.1. The summed E-state index contributed by atoms with van der Waals surface area (Å²) in [5.74, 6) is 2.95. The van der Waals surface area contributed by atoms with Crippen molar-refractivity contribution in [3.8, 4) is 22.3 Å². The van der Waals surface area contributed by atoms with Crippen LogP contribution in [-0.4, -0.2) is 6.71 Å². The normalized spacial score (nSPS) is 20.0. The number of hydrogen-bond acceptors (Lipinski definition) is 5. The maximum absolute atomic E-state index is 7.40. The summed E-state index contributed by atoms with van der Waals surface area (Å²) in [5.41, 5.74) is 29.5. The smallest absolute Gasteiger partial charge is 0.264 e. The summed E-state index contributed by atoms with van der Waals surface area (Å²) in [6, 6.07) is 79.3. The molecule has 0 saturated heterocycles. The van der Waals surface area contributed by atoms with Crippen LogP contribution in [0.5, 0.6) is 0 Å². The van der Waals surface area contributed by atoms with E-state index >= 15 is 0 Å². The predicted molar refractivity (Wildman–Crippen MR) is 420 cm³/mol. The first-order valence-electron chi connectivity index (χ1n) is 36.5. The number of para-hydroxylation sites is 1. The minimum absolute atomic E-state index is 0.0173. The highest BCUT2D eigenvalue weighted by molar-refractivity contribution is 7.33. The predicted octanol–water partition coefficient (Wildman–Crippen LogP) is 24.2. The van der Waals surface area contributed by atoms with Gasteiger partial charge in [0.05, 0.1) is 22.7 Å². The zero-order chi connectivity index (χ0) is 67.6. The third-order valence-electron chi connectivity index (χ3n) is 24.2. The van der Waals surface area contributed by atoms with Crippen LogP contribution in [0, 0.1) is 23.7 Å². The Kier molecular flexibility index (Phi) is 13.4. The van der Waals surface area contributed by atoms with Crippen molar-refractivity contribution in [2.24, 2.45) is 23.7 Å². The molecule has 0 amide bonds. The molecule has 4 heterocycles. The zero-order valence-corrected chi connectivity index (χ0v) is 60.9. The van der Waals surface area contributed by atoms with Crippen molar-refractivity contribution in [1.29, 1.82) is 0 Å². The first-order valence-corrected chi connectivity index (χ1v) is 37.3. The van der Waals surface area contributed by atoms with Gasteiger partial charge in [0.1, 0.15) is 5.58 Å². The Morgan fingerprint density at radius 2 is 1.03 bits per heavy atom. The molecule has 4 fully saturated rings. The average molecular weight is 1300 g/mol. The van der Waals surface area contributed by atoms with Crippen LogP contribution in [-0.2, 0) is 32.5 Å². The Morgan fingerprint density at radius 3 is 1.68 bits per heavy atom. The lowest BCUT2D eigenvalue weighted by molar-refractivity contribution is -0.0399. The van der Waals surface area contributed by atoms with Crippen molar-refractivity contribution in [3.63, 3.8) is 0 Å². The third kappa shape index (κ3) is 9.20. The van der Waals surface area contributed by atoms with Crippen LogP contribution in [0.2, 0.25) is 0 Å². The topological polar surface area (TPSA) is 22.9 Å². The number of thiophene rings is 1. The molecule has 6 heteroatoms. The van der Waals surface area contributed by atoms with Gasteiger partial charge in [0.25, 0.3) is 6.71 Å². The number of hydrogen-bond donors (Lipinski definition) is 0. The Bertz CT molecular complexity index is 5230. The summed E-state index contributed by atoms with van der Waals surface area (Å²) in [6.45, 7) is 35.1. The first-order chi connectivity index (χ1) is 46.7. The van der Waals surface area contributed by atoms with Gasteiger partial charge in [-0.3, -0.25) is 0 Å². The Hall–Kier alpha value is -8.58. The molecule has 4 saturated carbocycles. The van der Waals surface area contributed by atoms with Gasteiger partial charge in [0.15, 0.2) is 5.58 Å². The van der Waals surface area contributed by atoms with Crippen molar-refractivity contribution >= 4 is 117 Å². The van der Waals surface area contributed by atoms with E-state index in [-0.39, 0.29) is 39.2 Å². The minimum atomic E-state index is -0.169. The van der Waals surface area contributed by atoms with E-state index in [9.17, 15) is 0 Å². The van der Waals surface area contributed by atoms with E-state index in [1.165, 1.54) is 142 Å². The SMILES string of the molecule is CC(C)(C)c1ccc(-c2ccc(N3c4cc(N(c5ccc(C(C)(C)C)cc5)c5ccc(C(C)(C)C)c6c5oc5ccccc56)cc5c4B(c4cc(C(C)(C)C)ccc4N5c4cccc5c4-c4ccccc4C54C5CC6CC(C5)CC4C6)c4sc5ccc(C(C)(C)C)cc5c43)cc2)cc1. The van der Waals surface area contributed by atoms with Gasteiger partial charge in [-0.1, -0.05) is 231 Å². The van der Waals surface area contributed by atoms with Gasteiger partial charge in [0.2, 0.25) is 0 Å². The standard InChI is InChI=1S/C92H92BN3OS/c1-87(2,3)58-31-27-56(28-32-58)57-29-37-65(38-30-57)95-77-52-66(94(64-39-33-59(34-40-64)88(4,5)6)76-43-41-71(91(13,14)15)82-68-22-17-19-26-79(68)97-85(76)82)53-78-83(77)93(86-84(95)69-50-60(89(7,8)9)36-44-80(69)98-86)73-51-61(90(10,11)12)35-42-74(73)96(78)75-25-20-24-72-81(75)67-21-16-18-23-70(67)92(72)62-46-54-45-55(48-62)49-63(92)47-54/h16-44,50-55,62-63H,45-49H2,1-15H3. The van der Waals surface area contributed by atoms with Crippen molar-refractivity contribution in [1.82, 2.24) is 0 Å². The van der Waals surface area contributed by atoms with Crippen LogP contribution < -0.4 is 30.4 Å². The van der Waals surface area contributed by atoms with Gasteiger partial charge >= 0.3 is 0 Å². The monoisotopic (exact) mass is 1300 g/mol. The molecule has 2 aromatic heterocycles. The summed E-state index contributed by atoms with van der Waals surface area (Å²) < 4.78 is 10.1. The van der Waals surface area contributed by atoms with Gasteiger partial charge < -0.3 is 19.1 Å². The molecule has 0 atom stereocenters. The molecule has 0 N–H and O–H groups in total. The van der Waals surface area contributed by atoms with Gasteiger partial charge in [-0.05, 0) is 222 Å². The lowest BCUT2D eigenvalue weighted by Crippen LogP contribution is -2.60. The second kappa shape index (κ2) is 21.2. The van der Waals surface area contributed by atoms with Crippen molar-refractivity contribution in [2.45, 2.75) is 168 Å². The van der Waals surface area contributed by atoms with Crippen LogP contribution in [0.4, 0.5) is 51.2 Å². The average Bonchev–Trinajstić information content (AvgIpc) is 1.42. The lowest BCUT2D eigenvalue weighted by atomic mass is 9.36. The molecule has 19 rings (SSSR count). The molecule has 4 nitrogen and oxygen atoms in total. The first kappa shape index (κ1) is 61.7. The second-order valence-electron chi connectivity index (χ2n) is 35.4. The number of furan rings is 1. The molecule has 4 bridgehead atoms. The maximum Gasteiger partial charge on any atom is 0.264 e. The van der Waals surface area contributed by atoms with E-state index in [4.69, 9.17) is 4.42 Å². The van der Waals surface area contributed by atoms with E-state index in [1.54, 1.807) is 11.1 Å². The quantitative estimate of drug-likeness (QED) is 0.155. The van der Waals surface area contributed by atoms with Crippen molar-refractivity contribution in [3.05, 3.63) is 239 Å². The van der Waals surface area contributed by atoms with Gasteiger partial charge in [-0.25, -0.2) is 0 Å². The number of anilines is 9. The summed E-state index contributed by atoms with van der Waals surface area (Å²) in [5, 5.41) is 3.60. The Labute approximate surface area is 585 Å². The fourth-order valence-electron chi connectivity index (χ4n) is 19.5. The van der Waals surface area contributed by atoms with Crippen molar-refractivity contribution < 1.29 is 4.42 Å². The highest BCUT2D eigenvalue weighted by Crippen LogP contribution is 2.71. The lowest BCUT2D eigenvalue weighted by Gasteiger charge is -2.61. The molecule has 5 aliphatic carbocycles. The molecule has 1 spiro atoms. The molecule has 10 aromatic carbocycles. The fraction of sp³-hybridized carbons (Fsp3) is 0.326. The summed E-state index contributed by atoms with van der Waals surface area (Å²) in [7, 11) is 0. The Balaban J connectivity index is 0.979. The zero-order valence-electron chi connectivity index (χ0n) is 60.1. The second-order valence-corrected chi connectivity index (χ2v) is 36.5. The van der Waals surface area contributed by atoms with E-state index in [2.05, 4.69) is 319 Å². The van der Waals surface area contributed by atoms with Crippen LogP contribution in [0.25, 0.3) is 54.3 Å². The molecular formula is C92H92BN3OS. The van der Waals surface area contributed by atoms with E-state index in [1.807, 2.05) is 11.3 Å². The van der Waals surface area contributed by atoms with Gasteiger partial charge in [-0.15, -0.1) is 11.3 Å². The summed E-state index contributed by atoms with van der Waals surface area (Å²) >= 11 is 2.00. The molecule has 98 heavy (non-hydrogen) atoms. The van der Waals surface area contributed by atoms with Gasteiger partial charge in [0, 0.05) is 65.1 Å². The molecular weight excluding hydrogens is 1210 g/mol. The largest absolute Gasteiger partial charge is 0.454 e. The molecule has 2 aliphatic heterocycles. The van der Waals surface area contributed by atoms with E-state index in [0.29, 0.717) is 11.8 Å². The fourth-order valence-corrected chi connectivity index (χ4v) is 20.8. The molecule has 7 aliphatic rings. The number of rotatable bonds is 6. The minimum Gasteiger partial charge on any atom is -0.454 e. The third-order valence-corrected chi connectivity index (χ3v) is 25.4. The highest BCUT2D eigenvalue weighted by Gasteiger charge is 2.62. The summed E-state index contributed by atoms with van der Waals surface area (Å²) in [6.07, 6.45) is 6.76. The molecule has 490 valence electrons. The Morgan fingerprint density at radius 1 is 0.459 bits per heavy atom. The van der Waals surface area contributed by atoms with Crippen LogP contribution in [0.1, 0.15) is 175 Å². The van der Waals surface area contributed by atoms with E-state index in [0.717, 1.165) is 51.1 Å². The number of benzene rings is 10. The number of fused-ring (bicyclic) bond motifs is 12. The van der Waals surface area contributed by atoms with Crippen LogP contribution in [0.3, 0.4) is 0 Å². The molecule has 0 radical (unpaired) electrons. The van der Waals surface area contributed by atoms with Crippen LogP contribution >= 0.6 is 11.3 Å². The number of nitrogens with zero attached hydrogens (tertiary/aromatic N) is 3.